The summed E-state index contributed by atoms with van der Waals surface area (Å²) in [6.45, 7) is 2.20. The molecule has 0 aliphatic carbocycles. The Morgan fingerprint density at radius 2 is 1.69 bits per heavy atom. The van der Waals surface area contributed by atoms with Gasteiger partial charge in [-0.05, 0) is 23.8 Å². The van der Waals surface area contributed by atoms with E-state index in [9.17, 15) is 31.5 Å². The van der Waals surface area contributed by atoms with Gasteiger partial charge in [-0.3, -0.25) is 14.5 Å². The molecule has 1 heterocycles. The van der Waals surface area contributed by atoms with E-state index in [0.717, 1.165) is 24.3 Å². The van der Waals surface area contributed by atoms with Gasteiger partial charge in [0.25, 0.3) is 5.91 Å². The van der Waals surface area contributed by atoms with Gasteiger partial charge in [-0.2, -0.15) is 13.2 Å². The average molecular weight is 455 g/mol. The molecule has 10 heteroatoms. The Balaban J connectivity index is 1.42. The highest BCUT2D eigenvalue weighted by Gasteiger charge is 2.30. The van der Waals surface area contributed by atoms with Crippen molar-refractivity contribution in [1.82, 2.24) is 15.1 Å². The van der Waals surface area contributed by atoms with E-state index in [4.69, 9.17) is 0 Å². The number of carbonyl (C=O) groups excluding carboxylic acids is 2. The smallest absolute Gasteiger partial charge is 0.351 e. The molecule has 2 amide bonds. The predicted molar refractivity (Wildman–Crippen MR) is 107 cm³/mol. The molecule has 0 unspecified atom stereocenters. The van der Waals surface area contributed by atoms with Crippen LogP contribution in [0, 0.1) is 11.6 Å². The van der Waals surface area contributed by atoms with Gasteiger partial charge in [0.05, 0.1) is 11.1 Å². The molecule has 1 N–H and O–H groups in total. The number of amides is 2. The monoisotopic (exact) mass is 455 g/mol. The van der Waals surface area contributed by atoms with Crippen LogP contribution in [0.15, 0.2) is 42.5 Å². The van der Waals surface area contributed by atoms with Crippen LogP contribution >= 0.6 is 0 Å². The molecule has 5 nitrogen and oxygen atoms in total. The number of nitrogens with zero attached hydrogens (tertiary/aromatic N) is 2. The lowest BCUT2D eigenvalue weighted by Gasteiger charge is -2.35. The highest BCUT2D eigenvalue weighted by atomic mass is 19.4. The molecule has 0 saturated carbocycles. The first kappa shape index (κ1) is 23.6. The van der Waals surface area contributed by atoms with E-state index >= 15 is 0 Å². The van der Waals surface area contributed by atoms with Gasteiger partial charge in [0, 0.05) is 51.8 Å². The van der Waals surface area contributed by atoms with Crippen molar-refractivity contribution in [2.24, 2.45) is 0 Å². The average Bonchev–Trinajstić information content (AvgIpc) is 2.73. The molecule has 2 aromatic carbocycles. The number of halogens is 5. The molecule has 1 aliphatic rings. The number of nitrogens with one attached hydrogen (secondary N) is 1. The van der Waals surface area contributed by atoms with Crippen LogP contribution in [0.25, 0.3) is 0 Å². The van der Waals surface area contributed by atoms with E-state index in [2.05, 4.69) is 5.32 Å². The SMILES string of the molecule is O=C(NCCC(=O)N1CCN(Cc2cccc(C(F)(F)F)c2)CC1)c1ccc(F)cc1F. The molecule has 3 rings (SSSR count). The molecular formula is C22H22F5N3O2. The zero-order valence-electron chi connectivity index (χ0n) is 17.1. The van der Waals surface area contributed by atoms with Gasteiger partial charge >= 0.3 is 6.18 Å². The molecule has 0 radical (unpaired) electrons. The molecule has 0 bridgehead atoms. The Morgan fingerprint density at radius 1 is 0.969 bits per heavy atom. The fourth-order valence-electron chi connectivity index (χ4n) is 3.47. The lowest BCUT2D eigenvalue weighted by molar-refractivity contribution is -0.137. The van der Waals surface area contributed by atoms with Gasteiger partial charge in [-0.1, -0.05) is 18.2 Å². The third-order valence-electron chi connectivity index (χ3n) is 5.19. The number of benzene rings is 2. The highest BCUT2D eigenvalue weighted by Crippen LogP contribution is 2.29. The number of rotatable bonds is 6. The second kappa shape index (κ2) is 10.1. The van der Waals surface area contributed by atoms with Gasteiger partial charge in [0.1, 0.15) is 11.6 Å². The van der Waals surface area contributed by atoms with Crippen molar-refractivity contribution in [2.45, 2.75) is 19.1 Å². The minimum Gasteiger partial charge on any atom is -0.351 e. The Bertz CT molecular complexity index is 972. The fourth-order valence-corrected chi connectivity index (χ4v) is 3.47. The van der Waals surface area contributed by atoms with Crippen LogP contribution < -0.4 is 5.32 Å². The van der Waals surface area contributed by atoms with E-state index in [1.807, 2.05) is 4.90 Å². The van der Waals surface area contributed by atoms with Crippen molar-refractivity contribution in [3.8, 4) is 0 Å². The maximum absolute atomic E-state index is 13.6. The first-order valence-corrected chi connectivity index (χ1v) is 10.0. The maximum atomic E-state index is 13.6. The highest BCUT2D eigenvalue weighted by molar-refractivity contribution is 5.94. The molecule has 0 atom stereocenters. The molecule has 1 aliphatic heterocycles. The molecule has 0 spiro atoms. The lowest BCUT2D eigenvalue weighted by Crippen LogP contribution is -2.48. The van der Waals surface area contributed by atoms with Gasteiger partial charge < -0.3 is 10.2 Å². The first-order chi connectivity index (χ1) is 15.1. The summed E-state index contributed by atoms with van der Waals surface area (Å²) >= 11 is 0. The second-order valence-corrected chi connectivity index (χ2v) is 7.49. The minimum absolute atomic E-state index is 0.00106. The molecule has 32 heavy (non-hydrogen) atoms. The van der Waals surface area contributed by atoms with Crippen molar-refractivity contribution in [3.63, 3.8) is 0 Å². The fraction of sp³-hybridized carbons (Fsp3) is 0.364. The summed E-state index contributed by atoms with van der Waals surface area (Å²) in [6.07, 6.45) is -4.37. The van der Waals surface area contributed by atoms with Crippen molar-refractivity contribution in [2.75, 3.05) is 32.7 Å². The molecule has 1 fully saturated rings. The van der Waals surface area contributed by atoms with Gasteiger partial charge in [0.2, 0.25) is 5.91 Å². The number of alkyl halides is 3. The predicted octanol–water partition coefficient (Wildman–Crippen LogP) is 3.45. The van der Waals surface area contributed by atoms with Gasteiger partial charge in [0.15, 0.2) is 0 Å². The summed E-state index contributed by atoms with van der Waals surface area (Å²) in [6, 6.07) is 7.79. The quantitative estimate of drug-likeness (QED) is 0.679. The Hall–Kier alpha value is -3.01. The normalized spacial score (nSPS) is 15.0. The zero-order valence-corrected chi connectivity index (χ0v) is 17.1. The van der Waals surface area contributed by atoms with Crippen molar-refractivity contribution >= 4 is 11.8 Å². The Kier molecular flexibility index (Phi) is 7.44. The summed E-state index contributed by atoms with van der Waals surface area (Å²) in [4.78, 5) is 27.9. The van der Waals surface area contributed by atoms with Crippen molar-refractivity contribution in [3.05, 3.63) is 70.8 Å². The number of hydrogen-bond donors (Lipinski definition) is 1. The topological polar surface area (TPSA) is 52.7 Å². The van der Waals surface area contributed by atoms with Crippen molar-refractivity contribution < 1.29 is 31.5 Å². The van der Waals surface area contributed by atoms with Gasteiger partial charge in [-0.25, -0.2) is 8.78 Å². The standard InChI is InChI=1S/C22H22F5N3O2/c23-17-4-5-18(19(24)13-17)21(32)28-7-6-20(31)30-10-8-29(9-11-30)14-15-2-1-3-16(12-15)22(25,26)27/h1-5,12-13H,6-11,14H2,(H,28,32). The number of carbonyl (C=O) groups is 2. The van der Waals surface area contributed by atoms with E-state index in [0.29, 0.717) is 44.4 Å². The van der Waals surface area contributed by atoms with E-state index in [1.165, 1.54) is 6.07 Å². The number of hydrogen-bond acceptors (Lipinski definition) is 3. The second-order valence-electron chi connectivity index (χ2n) is 7.49. The zero-order chi connectivity index (χ0) is 23.3. The van der Waals surface area contributed by atoms with Gasteiger partial charge in [-0.15, -0.1) is 0 Å². The third kappa shape index (κ3) is 6.25. The Morgan fingerprint density at radius 3 is 2.34 bits per heavy atom. The summed E-state index contributed by atoms with van der Waals surface area (Å²) in [7, 11) is 0. The molecule has 172 valence electrons. The first-order valence-electron chi connectivity index (χ1n) is 10.0. The third-order valence-corrected chi connectivity index (χ3v) is 5.19. The summed E-state index contributed by atoms with van der Waals surface area (Å²) < 4.78 is 65.1. The van der Waals surface area contributed by atoms with Crippen LogP contribution in [-0.4, -0.2) is 54.3 Å². The molecular weight excluding hydrogens is 433 g/mol. The van der Waals surface area contributed by atoms with E-state index in [1.54, 1.807) is 11.0 Å². The minimum atomic E-state index is -4.39. The maximum Gasteiger partial charge on any atom is 0.416 e. The van der Waals surface area contributed by atoms with Crippen LogP contribution in [0.2, 0.25) is 0 Å². The van der Waals surface area contributed by atoms with Crippen molar-refractivity contribution in [1.29, 1.82) is 0 Å². The largest absolute Gasteiger partial charge is 0.416 e. The number of piperazine rings is 1. The van der Waals surface area contributed by atoms with Crippen LogP contribution in [0.1, 0.15) is 27.9 Å². The summed E-state index contributed by atoms with van der Waals surface area (Å²) in [5.41, 5.74) is -0.441. The van der Waals surface area contributed by atoms with E-state index < -0.39 is 29.3 Å². The van der Waals surface area contributed by atoms with Crippen LogP contribution in [0.3, 0.4) is 0 Å². The molecule has 0 aromatic heterocycles. The summed E-state index contributed by atoms with van der Waals surface area (Å²) in [5, 5.41) is 2.44. The van der Waals surface area contributed by atoms with Crippen LogP contribution in [0.4, 0.5) is 22.0 Å². The molecule has 2 aromatic rings. The summed E-state index contributed by atoms with van der Waals surface area (Å²) in [5.74, 6) is -2.70. The van der Waals surface area contributed by atoms with E-state index in [-0.39, 0.29) is 24.4 Å². The Labute approximate surface area is 181 Å². The van der Waals surface area contributed by atoms with Crippen LogP contribution in [0.5, 0.6) is 0 Å². The van der Waals surface area contributed by atoms with Crippen LogP contribution in [-0.2, 0) is 17.5 Å². The lowest BCUT2D eigenvalue weighted by atomic mass is 10.1. The molecule has 1 saturated heterocycles.